The van der Waals surface area contributed by atoms with Gasteiger partial charge in [0.05, 0.1) is 10.0 Å². The molecule has 1 aromatic rings. The standard InChI is InChI=1S/C14H20Cl2N2/c15-12-7-6-11(9-13(12)16)14(18-17)8-10-4-2-1-3-5-10/h6-7,9-10,14,18H,1-5,8,17H2. The van der Waals surface area contributed by atoms with E-state index in [4.69, 9.17) is 29.0 Å². The van der Waals surface area contributed by atoms with E-state index in [9.17, 15) is 0 Å². The second-order valence-electron chi connectivity index (χ2n) is 5.13. The van der Waals surface area contributed by atoms with Crippen LogP contribution in [0.25, 0.3) is 0 Å². The number of hydrazine groups is 1. The first-order valence-electron chi connectivity index (χ1n) is 6.62. The summed E-state index contributed by atoms with van der Waals surface area (Å²) < 4.78 is 0. The summed E-state index contributed by atoms with van der Waals surface area (Å²) in [5.74, 6) is 6.46. The molecule has 1 saturated carbocycles. The monoisotopic (exact) mass is 286 g/mol. The molecule has 1 unspecified atom stereocenters. The Kier molecular flexibility index (Phi) is 5.31. The van der Waals surface area contributed by atoms with Crippen molar-refractivity contribution in [1.82, 2.24) is 5.43 Å². The lowest BCUT2D eigenvalue weighted by Gasteiger charge is -2.26. The van der Waals surface area contributed by atoms with Crippen LogP contribution in [0.3, 0.4) is 0 Å². The Morgan fingerprint density at radius 3 is 2.50 bits per heavy atom. The third-order valence-electron chi connectivity index (χ3n) is 3.84. The summed E-state index contributed by atoms with van der Waals surface area (Å²) >= 11 is 12.0. The van der Waals surface area contributed by atoms with E-state index in [1.807, 2.05) is 18.2 Å². The maximum absolute atomic E-state index is 6.06. The third-order valence-corrected chi connectivity index (χ3v) is 4.58. The third kappa shape index (κ3) is 3.61. The van der Waals surface area contributed by atoms with Crippen molar-refractivity contribution in [3.8, 4) is 0 Å². The van der Waals surface area contributed by atoms with Gasteiger partial charge in [0.25, 0.3) is 0 Å². The van der Waals surface area contributed by atoms with Gasteiger partial charge < -0.3 is 0 Å². The summed E-state index contributed by atoms with van der Waals surface area (Å²) in [5, 5.41) is 1.19. The minimum Gasteiger partial charge on any atom is -0.271 e. The molecule has 2 nitrogen and oxygen atoms in total. The number of rotatable bonds is 4. The lowest BCUT2D eigenvalue weighted by molar-refractivity contribution is 0.301. The van der Waals surface area contributed by atoms with Crippen LogP contribution in [0.2, 0.25) is 10.0 Å². The SMILES string of the molecule is NNC(CC1CCCCC1)c1ccc(Cl)c(Cl)c1. The first-order valence-corrected chi connectivity index (χ1v) is 7.37. The van der Waals surface area contributed by atoms with E-state index < -0.39 is 0 Å². The number of hydrogen-bond acceptors (Lipinski definition) is 2. The first-order chi connectivity index (χ1) is 8.70. The van der Waals surface area contributed by atoms with Crippen LogP contribution in [-0.4, -0.2) is 0 Å². The van der Waals surface area contributed by atoms with Gasteiger partial charge in [0.2, 0.25) is 0 Å². The summed E-state index contributed by atoms with van der Waals surface area (Å²) in [7, 11) is 0. The van der Waals surface area contributed by atoms with Gasteiger partial charge in [0.15, 0.2) is 0 Å². The first kappa shape index (κ1) is 14.1. The largest absolute Gasteiger partial charge is 0.271 e. The number of benzene rings is 1. The lowest BCUT2D eigenvalue weighted by atomic mass is 9.83. The Bertz CT molecular complexity index is 389. The molecule has 0 bridgehead atoms. The maximum Gasteiger partial charge on any atom is 0.0595 e. The van der Waals surface area contributed by atoms with E-state index in [2.05, 4.69) is 5.43 Å². The van der Waals surface area contributed by atoms with E-state index in [0.717, 1.165) is 17.9 Å². The highest BCUT2D eigenvalue weighted by atomic mass is 35.5. The average Bonchev–Trinajstić information content (AvgIpc) is 2.40. The van der Waals surface area contributed by atoms with Crippen LogP contribution in [0.4, 0.5) is 0 Å². The average molecular weight is 287 g/mol. The van der Waals surface area contributed by atoms with Crippen LogP contribution in [-0.2, 0) is 0 Å². The van der Waals surface area contributed by atoms with Crippen molar-refractivity contribution in [2.45, 2.75) is 44.6 Å². The number of hydrogen-bond donors (Lipinski definition) is 2. The second-order valence-corrected chi connectivity index (χ2v) is 5.95. The molecule has 0 spiro atoms. The minimum atomic E-state index is 0.169. The van der Waals surface area contributed by atoms with Crippen molar-refractivity contribution in [1.29, 1.82) is 0 Å². The summed E-state index contributed by atoms with van der Waals surface area (Å²) in [6.45, 7) is 0. The van der Waals surface area contributed by atoms with Crippen LogP contribution in [0.1, 0.15) is 50.1 Å². The molecule has 18 heavy (non-hydrogen) atoms. The number of nitrogens with two attached hydrogens (primary N) is 1. The van der Waals surface area contributed by atoms with E-state index in [0.29, 0.717) is 10.0 Å². The Hall–Kier alpha value is -0.280. The molecule has 3 N–H and O–H groups in total. The molecule has 0 radical (unpaired) electrons. The van der Waals surface area contributed by atoms with Crippen molar-refractivity contribution in [2.24, 2.45) is 11.8 Å². The van der Waals surface area contributed by atoms with Crippen molar-refractivity contribution >= 4 is 23.2 Å². The fourth-order valence-corrected chi connectivity index (χ4v) is 3.09. The summed E-state index contributed by atoms with van der Waals surface area (Å²) in [6.07, 6.45) is 7.80. The molecule has 1 aliphatic rings. The fourth-order valence-electron chi connectivity index (χ4n) is 2.79. The van der Waals surface area contributed by atoms with Gasteiger partial charge in [-0.25, -0.2) is 0 Å². The van der Waals surface area contributed by atoms with Gasteiger partial charge in [-0.15, -0.1) is 0 Å². The van der Waals surface area contributed by atoms with Gasteiger partial charge in [-0.1, -0.05) is 61.4 Å². The Morgan fingerprint density at radius 1 is 1.17 bits per heavy atom. The smallest absolute Gasteiger partial charge is 0.0595 e. The zero-order valence-electron chi connectivity index (χ0n) is 10.5. The molecule has 1 aliphatic carbocycles. The van der Waals surface area contributed by atoms with Crippen molar-refractivity contribution < 1.29 is 0 Å². The molecule has 1 atom stereocenters. The van der Waals surface area contributed by atoms with Crippen molar-refractivity contribution in [2.75, 3.05) is 0 Å². The predicted octanol–water partition coefficient (Wildman–Crippen LogP) is 4.47. The molecule has 4 heteroatoms. The predicted molar refractivity (Wildman–Crippen MR) is 77.7 cm³/mol. The highest BCUT2D eigenvalue weighted by Crippen LogP contribution is 2.33. The molecular weight excluding hydrogens is 267 g/mol. The van der Waals surface area contributed by atoms with Gasteiger partial charge in [0, 0.05) is 6.04 Å². The quantitative estimate of drug-likeness (QED) is 0.633. The lowest BCUT2D eigenvalue weighted by Crippen LogP contribution is -2.30. The highest BCUT2D eigenvalue weighted by molar-refractivity contribution is 6.42. The zero-order valence-corrected chi connectivity index (χ0v) is 12.0. The Labute approximate surface area is 119 Å². The van der Waals surface area contributed by atoms with Crippen LogP contribution in [0, 0.1) is 5.92 Å². The summed E-state index contributed by atoms with van der Waals surface area (Å²) in [5.41, 5.74) is 4.03. The van der Waals surface area contributed by atoms with Crippen LogP contribution >= 0.6 is 23.2 Å². The number of nitrogens with one attached hydrogen (secondary N) is 1. The van der Waals surface area contributed by atoms with Crippen molar-refractivity contribution in [3.63, 3.8) is 0 Å². The Balaban J connectivity index is 2.04. The van der Waals surface area contributed by atoms with Gasteiger partial charge in [-0.3, -0.25) is 11.3 Å². The molecule has 1 aromatic carbocycles. The topological polar surface area (TPSA) is 38.0 Å². The van der Waals surface area contributed by atoms with E-state index in [1.54, 1.807) is 0 Å². The van der Waals surface area contributed by atoms with Gasteiger partial charge >= 0.3 is 0 Å². The highest BCUT2D eigenvalue weighted by Gasteiger charge is 2.19. The molecule has 0 saturated heterocycles. The van der Waals surface area contributed by atoms with Crippen molar-refractivity contribution in [3.05, 3.63) is 33.8 Å². The number of halogens is 2. The van der Waals surface area contributed by atoms with Crippen LogP contribution < -0.4 is 11.3 Å². The van der Waals surface area contributed by atoms with E-state index >= 15 is 0 Å². The maximum atomic E-state index is 6.06. The van der Waals surface area contributed by atoms with E-state index in [1.165, 1.54) is 32.1 Å². The molecular formula is C14H20Cl2N2. The van der Waals surface area contributed by atoms with Gasteiger partial charge in [-0.2, -0.15) is 0 Å². The molecule has 1 fully saturated rings. The summed E-state index contributed by atoms with van der Waals surface area (Å²) in [4.78, 5) is 0. The Morgan fingerprint density at radius 2 is 1.89 bits per heavy atom. The molecule has 0 amide bonds. The van der Waals surface area contributed by atoms with Gasteiger partial charge in [-0.05, 0) is 30.0 Å². The zero-order chi connectivity index (χ0) is 13.0. The minimum absolute atomic E-state index is 0.169. The second kappa shape index (κ2) is 6.76. The van der Waals surface area contributed by atoms with Crippen LogP contribution in [0.5, 0.6) is 0 Å². The molecule has 0 aromatic heterocycles. The normalized spacial score (nSPS) is 18.8. The summed E-state index contributed by atoms with van der Waals surface area (Å²) in [6, 6.07) is 5.92. The molecule has 0 aliphatic heterocycles. The van der Waals surface area contributed by atoms with E-state index in [-0.39, 0.29) is 6.04 Å². The van der Waals surface area contributed by atoms with Gasteiger partial charge in [0.1, 0.15) is 0 Å². The molecule has 100 valence electrons. The fraction of sp³-hybridized carbons (Fsp3) is 0.571. The molecule has 0 heterocycles. The molecule has 2 rings (SSSR count). The van der Waals surface area contributed by atoms with Crippen LogP contribution in [0.15, 0.2) is 18.2 Å².